The third-order valence-electron chi connectivity index (χ3n) is 2.65. The summed E-state index contributed by atoms with van der Waals surface area (Å²) in [6.45, 7) is 0. The SMILES string of the molecule is O=Cc1cccc(Cl)c1-c1cccc(C(F)(F)F)c1. The fourth-order valence-electron chi connectivity index (χ4n) is 1.79. The van der Waals surface area contributed by atoms with Gasteiger partial charge >= 0.3 is 6.18 Å². The number of hydrogen-bond donors (Lipinski definition) is 0. The predicted molar refractivity (Wildman–Crippen MR) is 67.3 cm³/mol. The lowest BCUT2D eigenvalue weighted by molar-refractivity contribution is -0.137. The Balaban J connectivity index is 2.63. The standard InChI is InChI=1S/C14H8ClF3O/c15-12-6-2-4-10(8-19)13(12)9-3-1-5-11(7-9)14(16,17)18/h1-8H. The maximum Gasteiger partial charge on any atom is 0.416 e. The van der Waals surface area contributed by atoms with Gasteiger partial charge in [0.05, 0.1) is 5.56 Å². The van der Waals surface area contributed by atoms with Gasteiger partial charge in [-0.25, -0.2) is 0 Å². The van der Waals surface area contributed by atoms with Crippen molar-refractivity contribution in [2.75, 3.05) is 0 Å². The van der Waals surface area contributed by atoms with Crippen molar-refractivity contribution in [1.29, 1.82) is 0 Å². The summed E-state index contributed by atoms with van der Waals surface area (Å²) in [5.74, 6) is 0. The zero-order valence-electron chi connectivity index (χ0n) is 9.54. The molecule has 5 heteroatoms. The van der Waals surface area contributed by atoms with Crippen LogP contribution in [-0.2, 0) is 6.18 Å². The molecule has 0 saturated carbocycles. The molecule has 0 unspecified atom stereocenters. The van der Waals surface area contributed by atoms with E-state index in [1.54, 1.807) is 6.07 Å². The molecule has 0 aliphatic carbocycles. The molecule has 2 aromatic rings. The minimum absolute atomic E-state index is 0.240. The molecular formula is C14H8ClF3O. The van der Waals surface area contributed by atoms with Crippen molar-refractivity contribution in [3.05, 3.63) is 58.6 Å². The smallest absolute Gasteiger partial charge is 0.298 e. The molecule has 0 atom stereocenters. The first kappa shape index (κ1) is 13.6. The number of aldehydes is 1. The highest BCUT2D eigenvalue weighted by Crippen LogP contribution is 2.35. The molecule has 0 saturated heterocycles. The molecule has 2 aromatic carbocycles. The number of carbonyl (C=O) groups is 1. The van der Waals surface area contributed by atoms with Gasteiger partial charge in [-0.15, -0.1) is 0 Å². The Morgan fingerprint density at radius 1 is 1.05 bits per heavy atom. The number of alkyl halides is 3. The normalized spacial score (nSPS) is 11.4. The molecule has 0 aliphatic rings. The van der Waals surface area contributed by atoms with Crippen molar-refractivity contribution in [3.8, 4) is 11.1 Å². The van der Waals surface area contributed by atoms with Crippen LogP contribution < -0.4 is 0 Å². The maximum absolute atomic E-state index is 12.7. The summed E-state index contributed by atoms with van der Waals surface area (Å²) in [7, 11) is 0. The minimum Gasteiger partial charge on any atom is -0.298 e. The minimum atomic E-state index is -4.43. The van der Waals surface area contributed by atoms with E-state index in [4.69, 9.17) is 11.6 Å². The van der Waals surface area contributed by atoms with Crippen LogP contribution in [0.5, 0.6) is 0 Å². The van der Waals surface area contributed by atoms with Crippen molar-refractivity contribution in [3.63, 3.8) is 0 Å². The average molecular weight is 285 g/mol. The van der Waals surface area contributed by atoms with Crippen LogP contribution in [0, 0.1) is 0 Å². The summed E-state index contributed by atoms with van der Waals surface area (Å²) < 4.78 is 38.0. The van der Waals surface area contributed by atoms with Crippen LogP contribution in [-0.4, -0.2) is 6.29 Å². The lowest BCUT2D eigenvalue weighted by Gasteiger charge is -2.11. The first-order chi connectivity index (χ1) is 8.93. The fourth-order valence-corrected chi connectivity index (χ4v) is 2.09. The van der Waals surface area contributed by atoms with Gasteiger partial charge in [-0.2, -0.15) is 13.2 Å². The van der Waals surface area contributed by atoms with E-state index in [0.29, 0.717) is 11.8 Å². The summed E-state index contributed by atoms with van der Waals surface area (Å²) >= 11 is 5.97. The molecule has 0 radical (unpaired) electrons. The van der Waals surface area contributed by atoms with Crippen molar-refractivity contribution in [2.24, 2.45) is 0 Å². The largest absolute Gasteiger partial charge is 0.416 e. The first-order valence-electron chi connectivity index (χ1n) is 5.35. The van der Waals surface area contributed by atoms with Gasteiger partial charge in [-0.1, -0.05) is 35.9 Å². The maximum atomic E-state index is 12.7. The molecule has 19 heavy (non-hydrogen) atoms. The van der Waals surface area contributed by atoms with Gasteiger partial charge in [0, 0.05) is 16.1 Å². The number of halogens is 4. The highest BCUT2D eigenvalue weighted by molar-refractivity contribution is 6.34. The summed E-state index contributed by atoms with van der Waals surface area (Å²) in [6.07, 6.45) is -3.86. The van der Waals surface area contributed by atoms with Crippen LogP contribution in [0.4, 0.5) is 13.2 Å². The van der Waals surface area contributed by atoms with E-state index in [1.807, 2.05) is 0 Å². The summed E-state index contributed by atoms with van der Waals surface area (Å²) in [5.41, 5.74) is 0.0568. The summed E-state index contributed by atoms with van der Waals surface area (Å²) in [6, 6.07) is 9.34. The van der Waals surface area contributed by atoms with E-state index in [0.717, 1.165) is 12.1 Å². The Labute approximate surface area is 112 Å². The molecule has 0 fully saturated rings. The fraction of sp³-hybridized carbons (Fsp3) is 0.0714. The molecule has 0 heterocycles. The summed E-state index contributed by atoms with van der Waals surface area (Å²) in [5, 5.41) is 0.240. The Morgan fingerprint density at radius 3 is 2.37 bits per heavy atom. The van der Waals surface area contributed by atoms with Crippen LogP contribution in [0.1, 0.15) is 15.9 Å². The van der Waals surface area contributed by atoms with Gasteiger partial charge < -0.3 is 0 Å². The average Bonchev–Trinajstić information content (AvgIpc) is 2.37. The highest BCUT2D eigenvalue weighted by atomic mass is 35.5. The van der Waals surface area contributed by atoms with Crippen molar-refractivity contribution < 1.29 is 18.0 Å². The first-order valence-corrected chi connectivity index (χ1v) is 5.72. The van der Waals surface area contributed by atoms with Crippen LogP contribution in [0.25, 0.3) is 11.1 Å². The molecule has 98 valence electrons. The lowest BCUT2D eigenvalue weighted by Crippen LogP contribution is -2.04. The van der Waals surface area contributed by atoms with E-state index in [9.17, 15) is 18.0 Å². The molecule has 1 nitrogen and oxygen atoms in total. The third-order valence-corrected chi connectivity index (χ3v) is 2.97. The van der Waals surface area contributed by atoms with E-state index < -0.39 is 11.7 Å². The van der Waals surface area contributed by atoms with Crippen LogP contribution in [0.3, 0.4) is 0 Å². The molecule has 0 amide bonds. The molecule has 2 rings (SSSR count). The van der Waals surface area contributed by atoms with Gasteiger partial charge in [0.1, 0.15) is 0 Å². The highest BCUT2D eigenvalue weighted by Gasteiger charge is 2.30. The number of benzene rings is 2. The summed E-state index contributed by atoms with van der Waals surface area (Å²) in [4.78, 5) is 11.0. The molecule has 0 N–H and O–H groups in total. The quantitative estimate of drug-likeness (QED) is 0.721. The Kier molecular flexibility index (Phi) is 3.62. The van der Waals surface area contributed by atoms with Gasteiger partial charge in [0.15, 0.2) is 6.29 Å². The van der Waals surface area contributed by atoms with Gasteiger partial charge in [-0.05, 0) is 23.8 Å². The van der Waals surface area contributed by atoms with E-state index in [1.165, 1.54) is 24.3 Å². The lowest BCUT2D eigenvalue weighted by atomic mass is 9.98. The molecule has 0 aromatic heterocycles. The predicted octanol–water partition coefficient (Wildman–Crippen LogP) is 4.84. The van der Waals surface area contributed by atoms with Crippen LogP contribution in [0.15, 0.2) is 42.5 Å². The number of carbonyl (C=O) groups excluding carboxylic acids is 1. The Morgan fingerprint density at radius 2 is 1.74 bits per heavy atom. The van der Waals surface area contributed by atoms with Gasteiger partial charge in [0.25, 0.3) is 0 Å². The van der Waals surface area contributed by atoms with E-state index in [-0.39, 0.29) is 16.1 Å². The van der Waals surface area contributed by atoms with Crippen LogP contribution in [0.2, 0.25) is 5.02 Å². The topological polar surface area (TPSA) is 17.1 Å². The molecule has 0 aliphatic heterocycles. The molecule has 0 spiro atoms. The van der Waals surface area contributed by atoms with Crippen LogP contribution >= 0.6 is 11.6 Å². The monoisotopic (exact) mass is 284 g/mol. The molecular weight excluding hydrogens is 277 g/mol. The Bertz CT molecular complexity index is 620. The second-order valence-electron chi connectivity index (χ2n) is 3.90. The molecule has 0 bridgehead atoms. The van der Waals surface area contributed by atoms with Crippen molar-refractivity contribution in [1.82, 2.24) is 0 Å². The third kappa shape index (κ3) is 2.79. The zero-order valence-corrected chi connectivity index (χ0v) is 10.3. The van der Waals surface area contributed by atoms with E-state index >= 15 is 0 Å². The van der Waals surface area contributed by atoms with E-state index in [2.05, 4.69) is 0 Å². The number of rotatable bonds is 2. The van der Waals surface area contributed by atoms with Gasteiger partial charge in [0.2, 0.25) is 0 Å². The van der Waals surface area contributed by atoms with Crippen molar-refractivity contribution >= 4 is 17.9 Å². The van der Waals surface area contributed by atoms with Gasteiger partial charge in [-0.3, -0.25) is 4.79 Å². The number of hydrogen-bond acceptors (Lipinski definition) is 1. The van der Waals surface area contributed by atoms with Crippen molar-refractivity contribution in [2.45, 2.75) is 6.18 Å². The second kappa shape index (κ2) is 5.05. The second-order valence-corrected chi connectivity index (χ2v) is 4.31. The Hall–Kier alpha value is -1.81. The zero-order chi connectivity index (χ0) is 14.0.